The van der Waals surface area contributed by atoms with E-state index in [4.69, 9.17) is 4.74 Å². The van der Waals surface area contributed by atoms with Crippen molar-refractivity contribution in [3.05, 3.63) is 107 Å². The molecule has 7 nitrogen and oxygen atoms in total. The lowest BCUT2D eigenvalue weighted by Crippen LogP contribution is -2.48. The molecule has 0 unspecified atom stereocenters. The van der Waals surface area contributed by atoms with Gasteiger partial charge in [-0.3, -0.25) is 4.79 Å². The molecule has 0 fully saturated rings. The minimum absolute atomic E-state index is 0.110. The molecular formula is C33H40N2O5. The van der Waals surface area contributed by atoms with E-state index in [1.54, 1.807) is 20.8 Å². The highest BCUT2D eigenvalue weighted by molar-refractivity contribution is 5.80. The summed E-state index contributed by atoms with van der Waals surface area (Å²) in [7, 11) is 0. The van der Waals surface area contributed by atoms with Crippen molar-refractivity contribution in [1.29, 1.82) is 0 Å². The number of hydrogen-bond acceptors (Lipinski definition) is 5. The number of fused-ring (bicyclic) bond motifs is 1. The molecule has 0 aliphatic heterocycles. The van der Waals surface area contributed by atoms with Crippen LogP contribution in [0.15, 0.2) is 84.9 Å². The molecule has 7 heteroatoms. The molecule has 4 N–H and O–H groups in total. The predicted octanol–water partition coefficient (Wildman–Crippen LogP) is 4.51. The Morgan fingerprint density at radius 3 is 2.10 bits per heavy atom. The van der Waals surface area contributed by atoms with Crippen LogP contribution in [-0.2, 0) is 28.8 Å². The summed E-state index contributed by atoms with van der Waals surface area (Å²) in [5.74, 6) is -0.851. The second-order valence-electron chi connectivity index (χ2n) is 11.6. The number of carbonyl (C=O) groups is 2. The summed E-state index contributed by atoms with van der Waals surface area (Å²) in [6, 6.07) is 25.8. The van der Waals surface area contributed by atoms with Gasteiger partial charge in [-0.05, 0) is 62.3 Å². The van der Waals surface area contributed by atoms with E-state index in [1.807, 2.05) is 84.9 Å². The Morgan fingerprint density at radius 1 is 0.900 bits per heavy atom. The van der Waals surface area contributed by atoms with Crippen LogP contribution < -0.4 is 10.6 Å². The number of aliphatic hydroxyl groups excluding tert-OH is 2. The maximum absolute atomic E-state index is 13.7. The Kier molecular flexibility index (Phi) is 9.61. The third-order valence-electron chi connectivity index (χ3n) is 7.19. The number of rotatable bonds is 10. The van der Waals surface area contributed by atoms with Gasteiger partial charge in [0.15, 0.2) is 0 Å². The molecule has 0 aromatic heterocycles. The van der Waals surface area contributed by atoms with Crippen molar-refractivity contribution < 1.29 is 24.5 Å². The van der Waals surface area contributed by atoms with Crippen LogP contribution in [0, 0.1) is 5.92 Å². The molecule has 3 aromatic rings. The smallest absolute Gasteiger partial charge is 0.407 e. The summed E-state index contributed by atoms with van der Waals surface area (Å²) in [6.45, 7) is 5.35. The zero-order valence-corrected chi connectivity index (χ0v) is 23.4. The van der Waals surface area contributed by atoms with Gasteiger partial charge in [0, 0.05) is 12.3 Å². The van der Waals surface area contributed by atoms with E-state index < -0.39 is 41.9 Å². The second-order valence-corrected chi connectivity index (χ2v) is 11.6. The molecule has 0 spiro atoms. The van der Waals surface area contributed by atoms with Gasteiger partial charge in [-0.2, -0.15) is 0 Å². The van der Waals surface area contributed by atoms with Crippen LogP contribution in [0.2, 0.25) is 0 Å². The lowest BCUT2D eigenvalue weighted by molar-refractivity contribution is -0.127. The van der Waals surface area contributed by atoms with Crippen LogP contribution in [0.5, 0.6) is 0 Å². The summed E-state index contributed by atoms with van der Waals surface area (Å²) < 4.78 is 5.47. The van der Waals surface area contributed by atoms with E-state index in [0.29, 0.717) is 19.3 Å². The molecule has 1 aliphatic rings. The molecule has 0 saturated heterocycles. The Bertz CT molecular complexity index is 1260. The zero-order valence-electron chi connectivity index (χ0n) is 23.4. The minimum Gasteiger partial charge on any atom is -0.444 e. The van der Waals surface area contributed by atoms with Crippen LogP contribution in [0.3, 0.4) is 0 Å². The molecule has 212 valence electrons. The molecule has 5 atom stereocenters. The number of ether oxygens (including phenoxy) is 1. The van der Waals surface area contributed by atoms with E-state index in [9.17, 15) is 19.8 Å². The molecular weight excluding hydrogens is 504 g/mol. The normalized spacial score (nSPS) is 18.7. The van der Waals surface area contributed by atoms with Gasteiger partial charge in [0.1, 0.15) is 5.60 Å². The van der Waals surface area contributed by atoms with Crippen molar-refractivity contribution in [2.75, 3.05) is 0 Å². The maximum Gasteiger partial charge on any atom is 0.407 e. The highest BCUT2D eigenvalue weighted by Crippen LogP contribution is 2.32. The second kappa shape index (κ2) is 13.1. The van der Waals surface area contributed by atoms with Gasteiger partial charge in [-0.15, -0.1) is 0 Å². The largest absolute Gasteiger partial charge is 0.444 e. The fourth-order valence-corrected chi connectivity index (χ4v) is 5.27. The summed E-state index contributed by atoms with van der Waals surface area (Å²) >= 11 is 0. The highest BCUT2D eigenvalue weighted by atomic mass is 16.6. The SMILES string of the molecule is CC(C)(C)OC(=O)N[C@@H](Cc1ccccc1)[C@H](O)C[C@H](Cc1ccccc1)C(=O)N[C@H]1c2ccccc2C[C@H]1O. The number of amides is 2. The number of carbonyl (C=O) groups excluding carboxylic acids is 2. The number of aliphatic hydroxyl groups is 2. The fraction of sp³-hybridized carbons (Fsp3) is 0.394. The monoisotopic (exact) mass is 544 g/mol. The van der Waals surface area contributed by atoms with E-state index >= 15 is 0 Å². The van der Waals surface area contributed by atoms with Crippen molar-refractivity contribution >= 4 is 12.0 Å². The molecule has 0 radical (unpaired) electrons. The topological polar surface area (TPSA) is 108 Å². The third kappa shape index (κ3) is 8.16. The van der Waals surface area contributed by atoms with Crippen molar-refractivity contribution in [1.82, 2.24) is 10.6 Å². The molecule has 0 heterocycles. The third-order valence-corrected chi connectivity index (χ3v) is 7.19. The number of alkyl carbamates (subject to hydrolysis) is 1. The van der Waals surface area contributed by atoms with Gasteiger partial charge in [-0.1, -0.05) is 84.9 Å². The van der Waals surface area contributed by atoms with E-state index in [-0.39, 0.29) is 12.3 Å². The zero-order chi connectivity index (χ0) is 28.7. The molecule has 4 rings (SSSR count). The standard InChI is InChI=1S/C33H40N2O5/c1-33(2,3)40-32(39)34-27(19-23-14-8-5-9-15-23)28(36)21-25(18-22-12-6-4-7-13-22)31(38)35-30-26-17-11-10-16-24(26)20-29(30)37/h4-17,25,27-30,36-37H,18-21H2,1-3H3,(H,34,39)(H,35,38)/t25-,27-,28+,29+,30-/m0/s1. The lowest BCUT2D eigenvalue weighted by atomic mass is 9.88. The first-order chi connectivity index (χ1) is 19.1. The summed E-state index contributed by atoms with van der Waals surface area (Å²) in [5.41, 5.74) is 3.14. The van der Waals surface area contributed by atoms with Gasteiger partial charge in [0.2, 0.25) is 5.91 Å². The molecule has 40 heavy (non-hydrogen) atoms. The number of nitrogens with one attached hydrogen (secondary N) is 2. The van der Waals surface area contributed by atoms with Gasteiger partial charge in [-0.25, -0.2) is 4.79 Å². The van der Waals surface area contributed by atoms with Crippen LogP contribution >= 0.6 is 0 Å². The Balaban J connectivity index is 1.54. The molecule has 1 aliphatic carbocycles. The van der Waals surface area contributed by atoms with Crippen molar-refractivity contribution in [3.63, 3.8) is 0 Å². The summed E-state index contributed by atoms with van der Waals surface area (Å²) in [6.07, 6.45) is -1.02. The van der Waals surface area contributed by atoms with Crippen molar-refractivity contribution in [2.45, 2.75) is 76.3 Å². The van der Waals surface area contributed by atoms with Crippen LogP contribution in [-0.4, -0.2) is 46.1 Å². The minimum atomic E-state index is -1.03. The Labute approximate surface area is 236 Å². The molecule has 2 amide bonds. The molecule has 0 saturated carbocycles. The summed E-state index contributed by atoms with van der Waals surface area (Å²) in [5, 5.41) is 28.1. The maximum atomic E-state index is 13.7. The lowest BCUT2D eigenvalue weighted by Gasteiger charge is -2.29. The van der Waals surface area contributed by atoms with E-state index in [0.717, 1.165) is 22.3 Å². The first-order valence-electron chi connectivity index (χ1n) is 13.9. The van der Waals surface area contributed by atoms with Crippen LogP contribution in [0.4, 0.5) is 4.79 Å². The van der Waals surface area contributed by atoms with Gasteiger partial charge in [0.05, 0.1) is 24.3 Å². The average molecular weight is 545 g/mol. The van der Waals surface area contributed by atoms with E-state index in [1.165, 1.54) is 0 Å². The number of hydrogen-bond donors (Lipinski definition) is 4. The van der Waals surface area contributed by atoms with Crippen LogP contribution in [0.25, 0.3) is 0 Å². The quantitative estimate of drug-likeness (QED) is 0.301. The van der Waals surface area contributed by atoms with Gasteiger partial charge < -0.3 is 25.6 Å². The number of benzene rings is 3. The van der Waals surface area contributed by atoms with Gasteiger partial charge in [0.25, 0.3) is 0 Å². The van der Waals surface area contributed by atoms with E-state index in [2.05, 4.69) is 10.6 Å². The summed E-state index contributed by atoms with van der Waals surface area (Å²) in [4.78, 5) is 26.4. The highest BCUT2D eigenvalue weighted by Gasteiger charge is 2.35. The Hall–Kier alpha value is -3.68. The first-order valence-corrected chi connectivity index (χ1v) is 13.9. The fourth-order valence-electron chi connectivity index (χ4n) is 5.27. The van der Waals surface area contributed by atoms with Crippen molar-refractivity contribution in [2.24, 2.45) is 5.92 Å². The van der Waals surface area contributed by atoms with Gasteiger partial charge >= 0.3 is 6.09 Å². The van der Waals surface area contributed by atoms with Crippen molar-refractivity contribution in [3.8, 4) is 0 Å². The molecule has 0 bridgehead atoms. The first kappa shape index (κ1) is 29.3. The predicted molar refractivity (Wildman–Crippen MR) is 155 cm³/mol. The Morgan fingerprint density at radius 2 is 1.48 bits per heavy atom. The molecule has 3 aromatic carbocycles. The average Bonchev–Trinajstić information content (AvgIpc) is 3.22. The van der Waals surface area contributed by atoms with Crippen LogP contribution in [0.1, 0.15) is 55.5 Å².